The Morgan fingerprint density at radius 1 is 1.14 bits per heavy atom. The number of piperidine rings is 1. The van der Waals surface area contributed by atoms with Gasteiger partial charge in [0.05, 0.1) is 18.7 Å². The highest BCUT2D eigenvalue weighted by Crippen LogP contribution is 2.40. The molecule has 1 saturated heterocycles. The quantitative estimate of drug-likeness (QED) is 0.856. The van der Waals surface area contributed by atoms with Crippen molar-refractivity contribution in [2.24, 2.45) is 5.92 Å². The highest BCUT2D eigenvalue weighted by Gasteiger charge is 2.41. The summed E-state index contributed by atoms with van der Waals surface area (Å²) in [7, 11) is 1.53. The molecule has 4 rings (SSSR count). The lowest BCUT2D eigenvalue weighted by molar-refractivity contribution is -0.131. The van der Waals surface area contributed by atoms with E-state index in [1.165, 1.54) is 7.11 Å². The van der Waals surface area contributed by atoms with E-state index < -0.39 is 0 Å². The number of pyridine rings is 1. The molecule has 0 unspecified atom stereocenters. The molecular formula is C22H25N3O4. The van der Waals surface area contributed by atoms with Gasteiger partial charge >= 0.3 is 0 Å². The van der Waals surface area contributed by atoms with Crippen molar-refractivity contribution in [1.29, 1.82) is 0 Å². The molecular weight excluding hydrogens is 370 g/mol. The maximum absolute atomic E-state index is 12.8. The number of carbonyl (C=O) groups excluding carboxylic acids is 2. The lowest BCUT2D eigenvalue weighted by Gasteiger charge is -2.46. The minimum absolute atomic E-state index is 0.0447. The Morgan fingerprint density at radius 2 is 1.93 bits per heavy atom. The minimum atomic E-state index is -0.241. The lowest BCUT2D eigenvalue weighted by atomic mass is 9.78. The SMILES string of the molecule is COc1ccccc1C(=O)NC[C@H]1[C@H]2C[C@H](CN(C(C)=O)C2)c2cccc(=O)n21. The van der Waals surface area contributed by atoms with Crippen LogP contribution in [0.2, 0.25) is 0 Å². The van der Waals surface area contributed by atoms with Gasteiger partial charge in [0, 0.05) is 44.2 Å². The van der Waals surface area contributed by atoms with E-state index in [1.807, 2.05) is 21.6 Å². The third kappa shape index (κ3) is 3.52. The van der Waals surface area contributed by atoms with Gasteiger partial charge in [0.2, 0.25) is 5.91 Å². The van der Waals surface area contributed by atoms with E-state index in [0.717, 1.165) is 12.1 Å². The van der Waals surface area contributed by atoms with Gasteiger partial charge in [-0.3, -0.25) is 14.4 Å². The molecule has 152 valence electrons. The van der Waals surface area contributed by atoms with Gasteiger partial charge in [-0.2, -0.15) is 0 Å². The standard InChI is InChI=1S/C22H25N3O4/c1-14(26)24-12-15-10-16(13-24)19(25-18(15)7-5-9-21(25)27)11-23-22(28)17-6-3-4-8-20(17)29-2/h3-9,15-16,19H,10-13H2,1-2H3,(H,23,28)/t15-,16+,19+/m1/s1. The van der Waals surface area contributed by atoms with Crippen molar-refractivity contribution >= 4 is 11.8 Å². The van der Waals surface area contributed by atoms with Crippen LogP contribution in [-0.2, 0) is 4.79 Å². The maximum atomic E-state index is 12.8. The Bertz CT molecular complexity index is 1000. The molecule has 0 aliphatic carbocycles. The predicted octanol–water partition coefficient (Wildman–Crippen LogP) is 1.79. The molecule has 2 aromatic rings. The second-order valence-electron chi connectivity index (χ2n) is 7.75. The number of aromatic nitrogens is 1. The van der Waals surface area contributed by atoms with Crippen molar-refractivity contribution in [3.05, 3.63) is 64.1 Å². The van der Waals surface area contributed by atoms with Crippen molar-refractivity contribution in [2.75, 3.05) is 26.7 Å². The fraction of sp³-hybridized carbons (Fsp3) is 0.409. The Balaban J connectivity index is 1.62. The summed E-state index contributed by atoms with van der Waals surface area (Å²) < 4.78 is 7.10. The van der Waals surface area contributed by atoms with E-state index in [9.17, 15) is 14.4 Å². The summed E-state index contributed by atoms with van der Waals surface area (Å²) >= 11 is 0. The zero-order valence-electron chi connectivity index (χ0n) is 16.6. The number of para-hydroxylation sites is 1. The molecule has 1 aromatic heterocycles. The zero-order valence-corrected chi connectivity index (χ0v) is 16.6. The minimum Gasteiger partial charge on any atom is -0.496 e. The molecule has 2 amide bonds. The molecule has 1 N–H and O–H groups in total. The zero-order chi connectivity index (χ0) is 20.5. The van der Waals surface area contributed by atoms with E-state index in [0.29, 0.717) is 30.9 Å². The molecule has 2 aliphatic heterocycles. The summed E-state index contributed by atoms with van der Waals surface area (Å²) in [4.78, 5) is 39.3. The van der Waals surface area contributed by atoms with E-state index in [-0.39, 0.29) is 35.3 Å². The number of carbonyl (C=O) groups is 2. The highest BCUT2D eigenvalue weighted by molar-refractivity contribution is 5.96. The van der Waals surface area contributed by atoms with Crippen LogP contribution in [0.4, 0.5) is 0 Å². The number of rotatable bonds is 4. The number of ether oxygens (including phenoxy) is 1. The number of nitrogens with zero attached hydrogens (tertiary/aromatic N) is 2. The Labute approximate surface area is 169 Å². The molecule has 29 heavy (non-hydrogen) atoms. The van der Waals surface area contributed by atoms with Crippen LogP contribution in [0.25, 0.3) is 0 Å². The number of benzene rings is 1. The summed E-state index contributed by atoms with van der Waals surface area (Å²) in [5.41, 5.74) is 1.33. The number of hydrogen-bond acceptors (Lipinski definition) is 4. The number of methoxy groups -OCH3 is 1. The average Bonchev–Trinajstić information content (AvgIpc) is 2.73. The van der Waals surface area contributed by atoms with E-state index in [2.05, 4.69) is 5.32 Å². The van der Waals surface area contributed by atoms with Crippen LogP contribution in [0.5, 0.6) is 5.75 Å². The largest absolute Gasteiger partial charge is 0.496 e. The van der Waals surface area contributed by atoms with Crippen LogP contribution in [0, 0.1) is 5.92 Å². The smallest absolute Gasteiger partial charge is 0.255 e. The van der Waals surface area contributed by atoms with Crippen molar-refractivity contribution in [2.45, 2.75) is 25.3 Å². The average molecular weight is 395 g/mol. The van der Waals surface area contributed by atoms with Gasteiger partial charge in [-0.25, -0.2) is 0 Å². The highest BCUT2D eigenvalue weighted by atomic mass is 16.5. The first-order chi connectivity index (χ1) is 14.0. The summed E-state index contributed by atoms with van der Waals surface area (Å²) in [6.45, 7) is 3.13. The van der Waals surface area contributed by atoms with Crippen LogP contribution >= 0.6 is 0 Å². The Morgan fingerprint density at radius 3 is 2.69 bits per heavy atom. The summed E-state index contributed by atoms with van der Waals surface area (Å²) in [5, 5.41) is 2.98. The molecule has 3 heterocycles. The molecule has 1 aromatic carbocycles. The van der Waals surface area contributed by atoms with Crippen LogP contribution < -0.4 is 15.6 Å². The summed E-state index contributed by atoms with van der Waals surface area (Å²) in [6.07, 6.45) is 0.905. The second-order valence-corrected chi connectivity index (χ2v) is 7.75. The van der Waals surface area contributed by atoms with Gasteiger partial charge in [0.1, 0.15) is 5.75 Å². The van der Waals surface area contributed by atoms with Gasteiger partial charge in [-0.1, -0.05) is 18.2 Å². The van der Waals surface area contributed by atoms with Gasteiger partial charge in [-0.15, -0.1) is 0 Å². The molecule has 1 fully saturated rings. The van der Waals surface area contributed by atoms with Crippen molar-refractivity contribution < 1.29 is 14.3 Å². The van der Waals surface area contributed by atoms with Gasteiger partial charge in [0.15, 0.2) is 0 Å². The second kappa shape index (κ2) is 7.73. The Kier molecular flexibility index (Phi) is 5.13. The Hall–Kier alpha value is -3.09. The fourth-order valence-corrected chi connectivity index (χ4v) is 4.69. The number of hydrogen-bond donors (Lipinski definition) is 1. The summed E-state index contributed by atoms with van der Waals surface area (Å²) in [5.74, 6) is 0.570. The fourth-order valence-electron chi connectivity index (χ4n) is 4.69. The normalized spacial score (nSPS) is 22.6. The lowest BCUT2D eigenvalue weighted by Crippen LogP contribution is -2.52. The van der Waals surface area contributed by atoms with Crippen LogP contribution in [0.15, 0.2) is 47.3 Å². The predicted molar refractivity (Wildman–Crippen MR) is 108 cm³/mol. The molecule has 2 aliphatic rings. The van der Waals surface area contributed by atoms with E-state index in [4.69, 9.17) is 4.74 Å². The van der Waals surface area contributed by atoms with Crippen LogP contribution in [0.3, 0.4) is 0 Å². The topological polar surface area (TPSA) is 80.6 Å². The molecule has 2 bridgehead atoms. The number of likely N-dealkylation sites (tertiary alicyclic amines) is 1. The first kappa shape index (κ1) is 19.2. The maximum Gasteiger partial charge on any atom is 0.255 e. The molecule has 7 heteroatoms. The third-order valence-electron chi connectivity index (χ3n) is 6.07. The summed E-state index contributed by atoms with van der Waals surface area (Å²) in [6, 6.07) is 12.1. The van der Waals surface area contributed by atoms with Crippen molar-refractivity contribution in [3.8, 4) is 5.75 Å². The molecule has 0 spiro atoms. The van der Waals surface area contributed by atoms with Crippen molar-refractivity contribution in [3.63, 3.8) is 0 Å². The van der Waals surface area contributed by atoms with Gasteiger partial charge < -0.3 is 19.5 Å². The van der Waals surface area contributed by atoms with Crippen LogP contribution in [0.1, 0.15) is 41.4 Å². The third-order valence-corrected chi connectivity index (χ3v) is 6.07. The molecule has 7 nitrogen and oxygen atoms in total. The van der Waals surface area contributed by atoms with Crippen molar-refractivity contribution in [1.82, 2.24) is 14.8 Å². The van der Waals surface area contributed by atoms with E-state index in [1.54, 1.807) is 37.3 Å². The van der Waals surface area contributed by atoms with Gasteiger partial charge in [-0.05, 0) is 30.5 Å². The van der Waals surface area contributed by atoms with Gasteiger partial charge in [0.25, 0.3) is 11.5 Å². The van der Waals surface area contributed by atoms with Crippen LogP contribution in [-0.4, -0.2) is 48.0 Å². The van der Waals surface area contributed by atoms with E-state index >= 15 is 0 Å². The number of fused-ring (bicyclic) bond motifs is 4. The first-order valence-electron chi connectivity index (χ1n) is 9.87. The number of nitrogens with one attached hydrogen (secondary N) is 1. The monoisotopic (exact) mass is 395 g/mol. The number of amides is 2. The molecule has 0 saturated carbocycles. The first-order valence-corrected chi connectivity index (χ1v) is 9.87. The molecule has 3 atom stereocenters. The molecule has 0 radical (unpaired) electrons.